The van der Waals surface area contributed by atoms with Crippen LogP contribution in [0.3, 0.4) is 0 Å². The summed E-state index contributed by atoms with van der Waals surface area (Å²) >= 11 is 3.44. The number of hydrogen-bond acceptors (Lipinski definition) is 2. The van der Waals surface area contributed by atoms with Gasteiger partial charge in [0.2, 0.25) is 0 Å². The Kier molecular flexibility index (Phi) is 2.48. The Morgan fingerprint density at radius 2 is 2.12 bits per heavy atom. The Labute approximate surface area is 104 Å². The van der Waals surface area contributed by atoms with Crippen LogP contribution in [-0.2, 0) is 5.60 Å². The standard InChI is InChI=1S/C13H15BrO2/c14-10-3-4-12(16-8-9-1-2-9)11(7-10)13(15)5-6-13/h3-4,7,9,15H,1-2,5-6,8H2. The Bertz CT molecular complexity index is 408. The van der Waals surface area contributed by atoms with Gasteiger partial charge in [0.1, 0.15) is 5.75 Å². The average Bonchev–Trinajstić information content (AvgIpc) is 3.13. The van der Waals surface area contributed by atoms with Crippen LogP contribution < -0.4 is 4.74 Å². The van der Waals surface area contributed by atoms with E-state index in [-0.39, 0.29) is 0 Å². The molecule has 0 spiro atoms. The van der Waals surface area contributed by atoms with Gasteiger partial charge in [0.25, 0.3) is 0 Å². The van der Waals surface area contributed by atoms with Crippen molar-refractivity contribution in [1.82, 2.24) is 0 Å². The van der Waals surface area contributed by atoms with Crippen molar-refractivity contribution >= 4 is 15.9 Å². The van der Waals surface area contributed by atoms with Gasteiger partial charge < -0.3 is 9.84 Å². The molecule has 0 unspecified atom stereocenters. The fourth-order valence-electron chi connectivity index (χ4n) is 1.87. The third-order valence-corrected chi connectivity index (χ3v) is 3.83. The molecule has 3 heteroatoms. The van der Waals surface area contributed by atoms with Crippen molar-refractivity contribution in [3.05, 3.63) is 28.2 Å². The van der Waals surface area contributed by atoms with E-state index in [0.29, 0.717) is 0 Å². The van der Waals surface area contributed by atoms with E-state index < -0.39 is 5.60 Å². The van der Waals surface area contributed by atoms with E-state index in [1.54, 1.807) is 0 Å². The van der Waals surface area contributed by atoms with E-state index in [9.17, 15) is 5.11 Å². The van der Waals surface area contributed by atoms with E-state index in [4.69, 9.17) is 4.74 Å². The minimum absolute atomic E-state index is 0.622. The van der Waals surface area contributed by atoms with Crippen LogP contribution in [-0.4, -0.2) is 11.7 Å². The zero-order valence-corrected chi connectivity index (χ0v) is 10.7. The summed E-state index contributed by atoms with van der Waals surface area (Å²) in [5.74, 6) is 1.60. The normalized spacial score (nSPS) is 21.9. The monoisotopic (exact) mass is 282 g/mol. The van der Waals surface area contributed by atoms with Crippen molar-refractivity contribution in [3.8, 4) is 5.75 Å². The molecule has 2 aliphatic rings. The van der Waals surface area contributed by atoms with Gasteiger partial charge in [-0.1, -0.05) is 15.9 Å². The molecule has 16 heavy (non-hydrogen) atoms. The van der Waals surface area contributed by atoms with Gasteiger partial charge >= 0.3 is 0 Å². The molecule has 0 radical (unpaired) electrons. The molecule has 1 N–H and O–H groups in total. The van der Waals surface area contributed by atoms with Gasteiger partial charge in [0, 0.05) is 10.0 Å². The second-order valence-corrected chi connectivity index (χ2v) is 5.84. The fraction of sp³-hybridized carbons (Fsp3) is 0.538. The lowest BCUT2D eigenvalue weighted by atomic mass is 10.1. The first-order valence-electron chi connectivity index (χ1n) is 5.83. The predicted octanol–water partition coefficient (Wildman–Crippen LogP) is 3.22. The summed E-state index contributed by atoms with van der Waals surface area (Å²) in [6.07, 6.45) is 4.28. The molecular weight excluding hydrogens is 268 g/mol. The highest BCUT2D eigenvalue weighted by atomic mass is 79.9. The fourth-order valence-corrected chi connectivity index (χ4v) is 2.23. The SMILES string of the molecule is OC1(c2cc(Br)ccc2OCC2CC2)CC1. The van der Waals surface area contributed by atoms with Crippen molar-refractivity contribution < 1.29 is 9.84 Å². The summed E-state index contributed by atoms with van der Waals surface area (Å²) in [5.41, 5.74) is 0.324. The van der Waals surface area contributed by atoms with Gasteiger partial charge in [-0.2, -0.15) is 0 Å². The summed E-state index contributed by atoms with van der Waals surface area (Å²) in [6.45, 7) is 0.796. The number of benzene rings is 1. The summed E-state index contributed by atoms with van der Waals surface area (Å²) < 4.78 is 6.80. The molecule has 86 valence electrons. The maximum atomic E-state index is 10.2. The first-order chi connectivity index (χ1) is 7.67. The van der Waals surface area contributed by atoms with Crippen molar-refractivity contribution in [2.24, 2.45) is 5.92 Å². The molecule has 1 aromatic rings. The molecule has 3 rings (SSSR count). The zero-order chi connectivity index (χ0) is 11.2. The molecule has 0 amide bonds. The smallest absolute Gasteiger partial charge is 0.125 e. The van der Waals surface area contributed by atoms with E-state index in [1.807, 2.05) is 18.2 Å². The molecule has 0 bridgehead atoms. The lowest BCUT2D eigenvalue weighted by Gasteiger charge is -2.15. The highest BCUT2D eigenvalue weighted by Crippen LogP contribution is 2.49. The van der Waals surface area contributed by atoms with Crippen LogP contribution in [0.2, 0.25) is 0 Å². The number of rotatable bonds is 4. The van der Waals surface area contributed by atoms with Crippen LogP contribution >= 0.6 is 15.9 Å². The van der Waals surface area contributed by atoms with Crippen molar-refractivity contribution in [1.29, 1.82) is 0 Å². The molecule has 0 aliphatic heterocycles. The van der Waals surface area contributed by atoms with E-state index in [0.717, 1.165) is 41.2 Å². The quantitative estimate of drug-likeness (QED) is 0.919. The number of aliphatic hydroxyl groups is 1. The van der Waals surface area contributed by atoms with Crippen LogP contribution in [0.5, 0.6) is 5.75 Å². The van der Waals surface area contributed by atoms with Gasteiger partial charge in [0.15, 0.2) is 0 Å². The number of halogens is 1. The van der Waals surface area contributed by atoms with Gasteiger partial charge in [0.05, 0.1) is 12.2 Å². The molecule has 0 saturated heterocycles. The second kappa shape index (κ2) is 3.74. The lowest BCUT2D eigenvalue weighted by molar-refractivity contribution is 0.145. The van der Waals surface area contributed by atoms with Crippen LogP contribution in [0, 0.1) is 5.92 Å². The van der Waals surface area contributed by atoms with Crippen LogP contribution in [0.1, 0.15) is 31.2 Å². The third kappa shape index (κ3) is 2.11. The van der Waals surface area contributed by atoms with E-state index in [1.165, 1.54) is 12.8 Å². The van der Waals surface area contributed by atoms with Crippen molar-refractivity contribution in [2.45, 2.75) is 31.3 Å². The Morgan fingerprint density at radius 3 is 2.75 bits per heavy atom. The molecule has 0 atom stereocenters. The van der Waals surface area contributed by atoms with Gasteiger partial charge in [-0.05, 0) is 49.8 Å². The second-order valence-electron chi connectivity index (χ2n) is 4.93. The highest BCUT2D eigenvalue weighted by Gasteiger charge is 2.44. The largest absolute Gasteiger partial charge is 0.493 e. The summed E-state index contributed by atoms with van der Waals surface area (Å²) in [6, 6.07) is 5.91. The molecule has 1 aromatic carbocycles. The van der Waals surface area contributed by atoms with E-state index >= 15 is 0 Å². The van der Waals surface area contributed by atoms with E-state index in [2.05, 4.69) is 15.9 Å². The van der Waals surface area contributed by atoms with Gasteiger partial charge in [-0.3, -0.25) is 0 Å². The Morgan fingerprint density at radius 1 is 1.38 bits per heavy atom. The molecule has 2 aliphatic carbocycles. The average molecular weight is 283 g/mol. The first-order valence-corrected chi connectivity index (χ1v) is 6.62. The van der Waals surface area contributed by atoms with Crippen LogP contribution in [0.4, 0.5) is 0 Å². The molecular formula is C13H15BrO2. The molecule has 2 saturated carbocycles. The highest BCUT2D eigenvalue weighted by molar-refractivity contribution is 9.10. The predicted molar refractivity (Wildman–Crippen MR) is 65.5 cm³/mol. The topological polar surface area (TPSA) is 29.5 Å². The molecule has 2 fully saturated rings. The summed E-state index contributed by atoms with van der Waals surface area (Å²) in [4.78, 5) is 0. The van der Waals surface area contributed by atoms with Crippen molar-refractivity contribution in [2.75, 3.05) is 6.61 Å². The molecule has 0 aromatic heterocycles. The lowest BCUT2D eigenvalue weighted by Crippen LogP contribution is -2.09. The van der Waals surface area contributed by atoms with Gasteiger partial charge in [-0.15, -0.1) is 0 Å². The van der Waals surface area contributed by atoms with Crippen LogP contribution in [0.15, 0.2) is 22.7 Å². The summed E-state index contributed by atoms with van der Waals surface area (Å²) in [5, 5.41) is 10.2. The number of hydrogen-bond donors (Lipinski definition) is 1. The zero-order valence-electron chi connectivity index (χ0n) is 9.08. The number of ether oxygens (including phenoxy) is 1. The molecule has 2 nitrogen and oxygen atoms in total. The van der Waals surface area contributed by atoms with Gasteiger partial charge in [-0.25, -0.2) is 0 Å². The summed E-state index contributed by atoms with van der Waals surface area (Å²) in [7, 11) is 0. The third-order valence-electron chi connectivity index (χ3n) is 3.34. The maximum Gasteiger partial charge on any atom is 0.125 e. The van der Waals surface area contributed by atoms with Crippen LogP contribution in [0.25, 0.3) is 0 Å². The molecule has 0 heterocycles. The van der Waals surface area contributed by atoms with Crippen molar-refractivity contribution in [3.63, 3.8) is 0 Å². The first kappa shape index (κ1) is 10.6. The minimum Gasteiger partial charge on any atom is -0.493 e. The minimum atomic E-state index is -0.622. The Hall–Kier alpha value is -0.540. The maximum absolute atomic E-state index is 10.2. The Balaban J connectivity index is 1.83.